The van der Waals surface area contributed by atoms with Gasteiger partial charge in [-0.1, -0.05) is 13.8 Å². The number of aromatic nitrogens is 3. The molecule has 2 aromatic rings. The molecule has 0 saturated heterocycles. The molecule has 1 aliphatic heterocycles. The highest BCUT2D eigenvalue weighted by atomic mass is 19.4. The third-order valence-electron chi connectivity index (χ3n) is 4.83. The van der Waals surface area contributed by atoms with Crippen LogP contribution in [0.15, 0.2) is 18.5 Å². The number of pyridine rings is 1. The van der Waals surface area contributed by atoms with Crippen molar-refractivity contribution in [2.45, 2.75) is 46.5 Å². The Kier molecular flexibility index (Phi) is 6.14. The number of carbonyl (C=O) groups excluding carboxylic acids is 2. The lowest BCUT2D eigenvalue weighted by molar-refractivity contribution is -0.154. The van der Waals surface area contributed by atoms with Crippen LogP contribution < -0.4 is 10.1 Å². The van der Waals surface area contributed by atoms with E-state index >= 15 is 0 Å². The first kappa shape index (κ1) is 22.4. The smallest absolute Gasteiger partial charge is 0.422 e. The summed E-state index contributed by atoms with van der Waals surface area (Å²) in [6.07, 6.45) is -1.73. The maximum atomic E-state index is 12.9. The van der Waals surface area contributed by atoms with Gasteiger partial charge in [-0.05, 0) is 19.9 Å². The summed E-state index contributed by atoms with van der Waals surface area (Å²) < 4.78 is 41.8. The van der Waals surface area contributed by atoms with Crippen LogP contribution in [0.3, 0.4) is 0 Å². The van der Waals surface area contributed by atoms with Gasteiger partial charge in [0.25, 0.3) is 5.91 Å². The maximum Gasteiger partial charge on any atom is 0.422 e. The van der Waals surface area contributed by atoms with E-state index in [2.05, 4.69) is 25.0 Å². The molecule has 1 aliphatic rings. The number of ether oxygens (including phenoxy) is 1. The van der Waals surface area contributed by atoms with E-state index in [-0.39, 0.29) is 35.9 Å². The molecule has 0 spiro atoms. The number of hydrogen-bond donors (Lipinski definition) is 1. The number of rotatable bonds is 6. The van der Waals surface area contributed by atoms with Crippen molar-refractivity contribution in [1.82, 2.24) is 19.9 Å². The molecule has 0 radical (unpaired) electrons. The summed E-state index contributed by atoms with van der Waals surface area (Å²) in [4.78, 5) is 38.9. The fourth-order valence-corrected chi connectivity index (χ4v) is 3.07. The molecule has 0 bridgehead atoms. The molecule has 3 rings (SSSR count). The van der Waals surface area contributed by atoms with E-state index in [1.807, 2.05) is 0 Å². The Morgan fingerprint density at radius 1 is 1.29 bits per heavy atom. The lowest BCUT2D eigenvalue weighted by atomic mass is 10.1. The molecule has 0 aromatic carbocycles. The average molecular weight is 437 g/mol. The number of anilines is 1. The summed E-state index contributed by atoms with van der Waals surface area (Å²) >= 11 is 0. The molecule has 0 fully saturated rings. The molecule has 1 N–H and O–H groups in total. The molecular formula is C20H22F3N5O3. The molecule has 166 valence electrons. The van der Waals surface area contributed by atoms with E-state index in [1.54, 1.807) is 26.8 Å². The fourth-order valence-electron chi connectivity index (χ4n) is 3.07. The van der Waals surface area contributed by atoms with Gasteiger partial charge in [-0.15, -0.1) is 0 Å². The van der Waals surface area contributed by atoms with Crippen molar-refractivity contribution in [2.24, 2.45) is 5.92 Å². The number of carbonyl (C=O) groups is 2. The zero-order valence-electron chi connectivity index (χ0n) is 17.4. The average Bonchev–Trinajstić information content (AvgIpc) is 3.03. The second-order valence-electron chi connectivity index (χ2n) is 7.53. The summed E-state index contributed by atoms with van der Waals surface area (Å²) in [5.74, 6) is -0.608. The first-order valence-electron chi connectivity index (χ1n) is 9.60. The van der Waals surface area contributed by atoms with Crippen molar-refractivity contribution >= 4 is 17.6 Å². The van der Waals surface area contributed by atoms with Gasteiger partial charge in [0.2, 0.25) is 11.8 Å². The lowest BCUT2D eigenvalue weighted by Gasteiger charge is -2.24. The number of fused-ring (bicyclic) bond motifs is 1. The number of nitrogens with one attached hydrogen (secondary N) is 1. The molecule has 0 aliphatic carbocycles. The standard InChI is InChI=1S/C20H22F3N5O3/c1-10(2)17(29)27-16-14-8-28(19(30)13(14)5-6-24-16)12(4)15-7-25-18(11(3)26-15)31-9-20(21,22)23/h5-7,10,12H,8-9H2,1-4H3,(H,24,27,29). The summed E-state index contributed by atoms with van der Waals surface area (Å²) in [5.41, 5.74) is 1.61. The Morgan fingerprint density at radius 2 is 2.00 bits per heavy atom. The molecule has 31 heavy (non-hydrogen) atoms. The SMILES string of the molecule is Cc1nc(C(C)N2Cc3c(ccnc3NC(=O)C(C)C)C2=O)cnc1OCC(F)(F)F. The molecular weight excluding hydrogens is 415 g/mol. The third-order valence-corrected chi connectivity index (χ3v) is 4.83. The lowest BCUT2D eigenvalue weighted by Crippen LogP contribution is -2.28. The van der Waals surface area contributed by atoms with E-state index in [0.717, 1.165) is 0 Å². The Balaban J connectivity index is 1.80. The Labute approximate surface area is 176 Å². The van der Waals surface area contributed by atoms with Gasteiger partial charge in [-0.2, -0.15) is 13.2 Å². The van der Waals surface area contributed by atoms with Gasteiger partial charge in [0.1, 0.15) is 5.82 Å². The van der Waals surface area contributed by atoms with E-state index in [0.29, 0.717) is 22.6 Å². The summed E-state index contributed by atoms with van der Waals surface area (Å²) in [6.45, 7) is 5.46. The highest BCUT2D eigenvalue weighted by Crippen LogP contribution is 2.34. The quantitative estimate of drug-likeness (QED) is 0.744. The number of amides is 2. The largest absolute Gasteiger partial charge is 0.467 e. The van der Waals surface area contributed by atoms with Crippen LogP contribution in [0.1, 0.15) is 54.1 Å². The van der Waals surface area contributed by atoms with Crippen LogP contribution in [-0.4, -0.2) is 44.4 Å². The van der Waals surface area contributed by atoms with Crippen molar-refractivity contribution in [1.29, 1.82) is 0 Å². The van der Waals surface area contributed by atoms with Crippen molar-refractivity contribution in [3.05, 3.63) is 41.0 Å². The Bertz CT molecular complexity index is 1010. The van der Waals surface area contributed by atoms with Gasteiger partial charge in [0.15, 0.2) is 6.61 Å². The van der Waals surface area contributed by atoms with E-state index in [4.69, 9.17) is 0 Å². The summed E-state index contributed by atoms with van der Waals surface area (Å²) in [6, 6.07) is 1.07. The van der Waals surface area contributed by atoms with E-state index in [9.17, 15) is 22.8 Å². The number of halogens is 3. The van der Waals surface area contributed by atoms with Crippen molar-refractivity contribution in [3.63, 3.8) is 0 Å². The minimum atomic E-state index is -4.48. The molecule has 0 saturated carbocycles. The van der Waals surface area contributed by atoms with Gasteiger partial charge in [0.05, 0.1) is 30.2 Å². The second kappa shape index (κ2) is 8.48. The minimum Gasteiger partial charge on any atom is -0.467 e. The fraction of sp³-hybridized carbons (Fsp3) is 0.450. The zero-order valence-corrected chi connectivity index (χ0v) is 17.4. The summed E-state index contributed by atoms with van der Waals surface area (Å²) in [7, 11) is 0. The highest BCUT2D eigenvalue weighted by Gasteiger charge is 2.35. The Morgan fingerprint density at radius 3 is 2.61 bits per heavy atom. The van der Waals surface area contributed by atoms with Gasteiger partial charge in [-0.25, -0.2) is 15.0 Å². The predicted molar refractivity (Wildman–Crippen MR) is 104 cm³/mol. The van der Waals surface area contributed by atoms with Crippen LogP contribution in [0.25, 0.3) is 0 Å². The van der Waals surface area contributed by atoms with E-state index in [1.165, 1.54) is 24.2 Å². The highest BCUT2D eigenvalue weighted by molar-refractivity contribution is 6.01. The maximum absolute atomic E-state index is 12.9. The van der Waals surface area contributed by atoms with Crippen LogP contribution in [0.5, 0.6) is 5.88 Å². The zero-order chi connectivity index (χ0) is 22.9. The van der Waals surface area contributed by atoms with Crippen LogP contribution >= 0.6 is 0 Å². The van der Waals surface area contributed by atoms with Crippen LogP contribution in [0.2, 0.25) is 0 Å². The number of alkyl halides is 3. The van der Waals surface area contributed by atoms with Crippen LogP contribution in [-0.2, 0) is 11.3 Å². The molecule has 2 aromatic heterocycles. The molecule has 3 heterocycles. The summed E-state index contributed by atoms with van der Waals surface area (Å²) in [5, 5.41) is 2.74. The van der Waals surface area contributed by atoms with Gasteiger partial charge in [-0.3, -0.25) is 9.59 Å². The minimum absolute atomic E-state index is 0.185. The topological polar surface area (TPSA) is 97.3 Å². The number of aryl methyl sites for hydroxylation is 1. The monoisotopic (exact) mass is 437 g/mol. The molecule has 11 heteroatoms. The molecule has 1 unspecified atom stereocenters. The van der Waals surface area contributed by atoms with Gasteiger partial charge < -0.3 is 15.0 Å². The van der Waals surface area contributed by atoms with Crippen LogP contribution in [0, 0.1) is 12.8 Å². The predicted octanol–water partition coefficient (Wildman–Crippen LogP) is 3.43. The van der Waals surface area contributed by atoms with Crippen molar-refractivity contribution in [3.8, 4) is 5.88 Å². The van der Waals surface area contributed by atoms with Gasteiger partial charge in [0, 0.05) is 23.2 Å². The third kappa shape index (κ3) is 4.92. The first-order chi connectivity index (χ1) is 14.5. The van der Waals surface area contributed by atoms with Gasteiger partial charge >= 0.3 is 6.18 Å². The Hall–Kier alpha value is -3.24. The van der Waals surface area contributed by atoms with E-state index < -0.39 is 18.8 Å². The molecule has 2 amide bonds. The van der Waals surface area contributed by atoms with Crippen molar-refractivity contribution in [2.75, 3.05) is 11.9 Å². The molecule has 1 atom stereocenters. The van der Waals surface area contributed by atoms with Crippen molar-refractivity contribution < 1.29 is 27.5 Å². The normalized spacial score (nSPS) is 14.6. The number of hydrogen-bond acceptors (Lipinski definition) is 6. The first-order valence-corrected chi connectivity index (χ1v) is 9.60. The number of nitrogens with zero attached hydrogens (tertiary/aromatic N) is 4. The molecule has 8 nitrogen and oxygen atoms in total. The second-order valence-corrected chi connectivity index (χ2v) is 7.53. The van der Waals surface area contributed by atoms with Crippen LogP contribution in [0.4, 0.5) is 19.0 Å².